The molecule has 1 aromatic heterocycles. The summed E-state index contributed by atoms with van der Waals surface area (Å²) in [5.41, 5.74) is 4.00. The topological polar surface area (TPSA) is 70.5 Å². The van der Waals surface area contributed by atoms with Gasteiger partial charge in [-0.1, -0.05) is 29.8 Å². The first-order valence-electron chi connectivity index (χ1n) is 7.57. The Balaban J connectivity index is 1.75. The SMILES string of the molecule is Cc1cccc(CC(=O)N2CCc3c(cncc3C(=O)O)C2)c1. The van der Waals surface area contributed by atoms with Gasteiger partial charge in [0.15, 0.2) is 0 Å². The summed E-state index contributed by atoms with van der Waals surface area (Å²) in [7, 11) is 0. The molecule has 0 radical (unpaired) electrons. The van der Waals surface area contributed by atoms with Gasteiger partial charge in [-0.05, 0) is 30.0 Å². The third kappa shape index (κ3) is 3.23. The van der Waals surface area contributed by atoms with Crippen LogP contribution in [0.2, 0.25) is 0 Å². The molecule has 5 heteroatoms. The molecule has 0 atom stereocenters. The maximum absolute atomic E-state index is 12.5. The second-order valence-electron chi connectivity index (χ2n) is 5.86. The number of carboxylic acids is 1. The standard InChI is InChI=1S/C18H18N2O3/c1-12-3-2-4-13(7-12)8-17(21)20-6-5-15-14(11-20)9-19-10-16(15)18(22)23/h2-4,7,9-10H,5-6,8,11H2,1H3,(H,22,23). The molecule has 23 heavy (non-hydrogen) atoms. The monoisotopic (exact) mass is 310 g/mol. The number of aryl methyl sites for hydroxylation is 1. The van der Waals surface area contributed by atoms with Crippen LogP contribution in [0.3, 0.4) is 0 Å². The van der Waals surface area contributed by atoms with Crippen molar-refractivity contribution in [3.63, 3.8) is 0 Å². The zero-order valence-electron chi connectivity index (χ0n) is 13.0. The molecule has 5 nitrogen and oxygen atoms in total. The number of fused-ring (bicyclic) bond motifs is 1. The van der Waals surface area contributed by atoms with Crippen LogP contribution >= 0.6 is 0 Å². The third-order valence-electron chi connectivity index (χ3n) is 4.16. The van der Waals surface area contributed by atoms with Crippen LogP contribution in [-0.4, -0.2) is 33.4 Å². The Morgan fingerprint density at radius 2 is 2.13 bits per heavy atom. The first-order valence-corrected chi connectivity index (χ1v) is 7.57. The van der Waals surface area contributed by atoms with E-state index in [0.717, 1.165) is 22.3 Å². The van der Waals surface area contributed by atoms with Gasteiger partial charge in [0.2, 0.25) is 5.91 Å². The second-order valence-corrected chi connectivity index (χ2v) is 5.86. The van der Waals surface area contributed by atoms with Crippen LogP contribution in [0.25, 0.3) is 0 Å². The number of carbonyl (C=O) groups excluding carboxylic acids is 1. The molecule has 0 spiro atoms. The highest BCUT2D eigenvalue weighted by Gasteiger charge is 2.24. The molecule has 1 amide bonds. The van der Waals surface area contributed by atoms with E-state index in [1.807, 2.05) is 31.2 Å². The van der Waals surface area contributed by atoms with E-state index in [1.165, 1.54) is 6.20 Å². The molecule has 3 rings (SSSR count). The third-order valence-corrected chi connectivity index (χ3v) is 4.16. The van der Waals surface area contributed by atoms with Crippen LogP contribution in [0.1, 0.15) is 32.6 Å². The summed E-state index contributed by atoms with van der Waals surface area (Å²) in [6.07, 6.45) is 3.96. The number of carboxylic acid groups (broad SMARTS) is 1. The van der Waals surface area contributed by atoms with Gasteiger partial charge in [0.05, 0.1) is 12.0 Å². The number of pyridine rings is 1. The van der Waals surface area contributed by atoms with Crippen LogP contribution in [0.5, 0.6) is 0 Å². The summed E-state index contributed by atoms with van der Waals surface area (Å²) in [5, 5.41) is 9.22. The van der Waals surface area contributed by atoms with E-state index in [9.17, 15) is 14.7 Å². The molecule has 2 heterocycles. The normalized spacial score (nSPS) is 13.5. The molecule has 0 fully saturated rings. The van der Waals surface area contributed by atoms with E-state index in [-0.39, 0.29) is 11.5 Å². The molecule has 0 saturated heterocycles. The van der Waals surface area contributed by atoms with Crippen molar-refractivity contribution in [1.82, 2.24) is 9.88 Å². The quantitative estimate of drug-likeness (QED) is 0.943. The Morgan fingerprint density at radius 1 is 1.30 bits per heavy atom. The first kappa shape index (κ1) is 15.2. The first-order chi connectivity index (χ1) is 11.0. The van der Waals surface area contributed by atoms with E-state index in [4.69, 9.17) is 0 Å². The van der Waals surface area contributed by atoms with E-state index in [0.29, 0.717) is 25.9 Å². The predicted molar refractivity (Wildman–Crippen MR) is 85.2 cm³/mol. The molecule has 1 aromatic carbocycles. The van der Waals surface area contributed by atoms with Crippen LogP contribution < -0.4 is 0 Å². The molecule has 0 saturated carbocycles. The summed E-state index contributed by atoms with van der Waals surface area (Å²) in [4.78, 5) is 29.5. The highest BCUT2D eigenvalue weighted by Crippen LogP contribution is 2.22. The van der Waals surface area contributed by atoms with Gasteiger partial charge in [-0.25, -0.2) is 4.79 Å². The largest absolute Gasteiger partial charge is 0.478 e. The van der Waals surface area contributed by atoms with Crippen molar-refractivity contribution in [2.75, 3.05) is 6.54 Å². The van der Waals surface area contributed by atoms with E-state index in [1.54, 1.807) is 11.1 Å². The number of hydrogen-bond donors (Lipinski definition) is 1. The van der Waals surface area contributed by atoms with Crippen LogP contribution in [0.15, 0.2) is 36.7 Å². The fourth-order valence-corrected chi connectivity index (χ4v) is 3.00. The van der Waals surface area contributed by atoms with Crippen molar-refractivity contribution in [3.8, 4) is 0 Å². The fraction of sp³-hybridized carbons (Fsp3) is 0.278. The summed E-state index contributed by atoms with van der Waals surface area (Å²) in [5.74, 6) is -0.907. The highest BCUT2D eigenvalue weighted by atomic mass is 16.4. The maximum Gasteiger partial charge on any atom is 0.337 e. The van der Waals surface area contributed by atoms with Crippen LogP contribution in [0.4, 0.5) is 0 Å². The number of nitrogens with zero attached hydrogens (tertiary/aromatic N) is 2. The molecule has 0 aliphatic carbocycles. The molecule has 0 bridgehead atoms. The summed E-state index contributed by atoms with van der Waals surface area (Å²) in [6, 6.07) is 7.92. The zero-order chi connectivity index (χ0) is 16.4. The zero-order valence-corrected chi connectivity index (χ0v) is 13.0. The van der Waals surface area contributed by atoms with Gasteiger partial charge in [-0.3, -0.25) is 9.78 Å². The number of hydrogen-bond acceptors (Lipinski definition) is 3. The Kier molecular flexibility index (Phi) is 4.10. The van der Waals surface area contributed by atoms with Gasteiger partial charge in [0, 0.05) is 25.5 Å². The van der Waals surface area contributed by atoms with Gasteiger partial charge in [-0.2, -0.15) is 0 Å². The van der Waals surface area contributed by atoms with Crippen molar-refractivity contribution in [3.05, 3.63) is 64.5 Å². The number of carbonyl (C=O) groups is 2. The molecule has 1 N–H and O–H groups in total. The molecule has 1 aliphatic heterocycles. The highest BCUT2D eigenvalue weighted by molar-refractivity contribution is 5.89. The fourth-order valence-electron chi connectivity index (χ4n) is 3.00. The minimum Gasteiger partial charge on any atom is -0.478 e. The van der Waals surface area contributed by atoms with Crippen molar-refractivity contribution < 1.29 is 14.7 Å². The van der Waals surface area contributed by atoms with Crippen molar-refractivity contribution in [2.24, 2.45) is 0 Å². The lowest BCUT2D eigenvalue weighted by Crippen LogP contribution is -2.37. The lowest BCUT2D eigenvalue weighted by atomic mass is 9.96. The van der Waals surface area contributed by atoms with Gasteiger partial charge in [0.1, 0.15) is 0 Å². The smallest absolute Gasteiger partial charge is 0.337 e. The molecular formula is C18H18N2O3. The number of rotatable bonds is 3. The summed E-state index contributed by atoms with van der Waals surface area (Å²) in [6.45, 7) is 2.97. The number of aromatic carboxylic acids is 1. The Labute approximate surface area is 134 Å². The van der Waals surface area contributed by atoms with Crippen molar-refractivity contribution >= 4 is 11.9 Å². The molecular weight excluding hydrogens is 292 g/mol. The minimum atomic E-state index is -0.964. The Morgan fingerprint density at radius 3 is 2.87 bits per heavy atom. The molecule has 0 unspecified atom stereocenters. The Hall–Kier alpha value is -2.69. The van der Waals surface area contributed by atoms with E-state index < -0.39 is 5.97 Å². The van der Waals surface area contributed by atoms with Gasteiger partial charge < -0.3 is 10.0 Å². The van der Waals surface area contributed by atoms with Crippen molar-refractivity contribution in [1.29, 1.82) is 0 Å². The van der Waals surface area contributed by atoms with Crippen LogP contribution in [-0.2, 0) is 24.2 Å². The molecule has 2 aromatic rings. The number of aromatic nitrogens is 1. The second kappa shape index (κ2) is 6.20. The van der Waals surface area contributed by atoms with Crippen LogP contribution in [0, 0.1) is 6.92 Å². The number of amides is 1. The average Bonchev–Trinajstić information content (AvgIpc) is 2.53. The minimum absolute atomic E-state index is 0.0574. The average molecular weight is 310 g/mol. The van der Waals surface area contributed by atoms with E-state index in [2.05, 4.69) is 4.98 Å². The summed E-state index contributed by atoms with van der Waals surface area (Å²) < 4.78 is 0. The summed E-state index contributed by atoms with van der Waals surface area (Å²) >= 11 is 0. The van der Waals surface area contributed by atoms with Gasteiger partial charge in [-0.15, -0.1) is 0 Å². The predicted octanol–water partition coefficient (Wildman–Crippen LogP) is 2.22. The number of benzene rings is 1. The lowest BCUT2D eigenvalue weighted by Gasteiger charge is -2.29. The van der Waals surface area contributed by atoms with Gasteiger partial charge in [0.25, 0.3) is 0 Å². The lowest BCUT2D eigenvalue weighted by molar-refractivity contribution is -0.131. The van der Waals surface area contributed by atoms with Crippen molar-refractivity contribution in [2.45, 2.75) is 26.3 Å². The van der Waals surface area contributed by atoms with E-state index >= 15 is 0 Å². The Bertz CT molecular complexity index is 771. The molecule has 118 valence electrons. The molecule has 1 aliphatic rings. The maximum atomic E-state index is 12.5. The van der Waals surface area contributed by atoms with Gasteiger partial charge >= 0.3 is 5.97 Å².